The highest BCUT2D eigenvalue weighted by atomic mass is 16.7. The molecule has 1 unspecified atom stereocenters. The van der Waals surface area contributed by atoms with Gasteiger partial charge in [-0.05, 0) is 30.7 Å². The maximum atomic E-state index is 6.09. The molecule has 2 rings (SSSR count). The highest BCUT2D eigenvalue weighted by molar-refractivity contribution is 5.26. The van der Waals surface area contributed by atoms with Crippen molar-refractivity contribution in [1.82, 2.24) is 0 Å². The molecule has 2 heteroatoms. The molecule has 1 aromatic carbocycles. The van der Waals surface area contributed by atoms with Crippen molar-refractivity contribution >= 4 is 0 Å². The van der Waals surface area contributed by atoms with Gasteiger partial charge >= 0.3 is 0 Å². The van der Waals surface area contributed by atoms with Gasteiger partial charge < -0.3 is 9.47 Å². The molecule has 1 atom stereocenters. The maximum Gasteiger partial charge on any atom is 0.183 e. The Morgan fingerprint density at radius 3 is 1.93 bits per heavy atom. The summed E-state index contributed by atoms with van der Waals surface area (Å²) in [4.78, 5) is 0. The van der Waals surface area contributed by atoms with Crippen molar-refractivity contribution in [1.29, 1.82) is 0 Å². The van der Waals surface area contributed by atoms with Crippen LogP contribution in [0.1, 0.15) is 134 Å². The van der Waals surface area contributed by atoms with E-state index in [-0.39, 0.29) is 6.29 Å². The molecule has 0 bridgehead atoms. The third kappa shape index (κ3) is 9.52. The van der Waals surface area contributed by atoms with Crippen LogP contribution >= 0.6 is 0 Å². The molecule has 0 amide bonds. The summed E-state index contributed by atoms with van der Waals surface area (Å²) in [6.07, 6.45) is 18.5. The highest BCUT2D eigenvalue weighted by Crippen LogP contribution is 2.31. The Balaban J connectivity index is 1.69. The molecule has 0 radical (unpaired) electrons. The quantitative estimate of drug-likeness (QED) is 0.250. The van der Waals surface area contributed by atoms with Crippen molar-refractivity contribution in [2.24, 2.45) is 5.92 Å². The average Bonchev–Trinajstić information content (AvgIpc) is 2.79. The van der Waals surface area contributed by atoms with Gasteiger partial charge in [-0.3, -0.25) is 0 Å². The molecule has 1 saturated heterocycles. The van der Waals surface area contributed by atoms with E-state index in [1.807, 2.05) is 0 Å². The third-order valence-corrected chi connectivity index (χ3v) is 6.66. The molecule has 2 nitrogen and oxygen atoms in total. The molecular formula is C28H48O2. The van der Waals surface area contributed by atoms with Gasteiger partial charge in [0.25, 0.3) is 0 Å². The summed E-state index contributed by atoms with van der Waals surface area (Å²) in [6.45, 7) is 8.55. The Bertz CT molecular complexity index is 516. The molecule has 1 fully saturated rings. The van der Waals surface area contributed by atoms with Gasteiger partial charge in [-0.2, -0.15) is 0 Å². The first-order chi connectivity index (χ1) is 14.8. The van der Waals surface area contributed by atoms with Gasteiger partial charge in [0.1, 0.15) is 0 Å². The third-order valence-electron chi connectivity index (χ3n) is 6.66. The van der Waals surface area contributed by atoms with Gasteiger partial charge in [0, 0.05) is 11.5 Å². The van der Waals surface area contributed by atoms with Crippen LogP contribution in [0.5, 0.6) is 0 Å². The van der Waals surface area contributed by atoms with Crippen LogP contribution in [0, 0.1) is 5.92 Å². The zero-order chi connectivity index (χ0) is 21.4. The van der Waals surface area contributed by atoms with Crippen molar-refractivity contribution < 1.29 is 9.47 Å². The molecule has 1 aromatic rings. The molecule has 0 spiro atoms. The summed E-state index contributed by atoms with van der Waals surface area (Å²) in [6, 6.07) is 9.11. The Kier molecular flexibility index (Phi) is 13.4. The number of unbranched alkanes of at least 4 members (excludes halogenated alkanes) is 8. The van der Waals surface area contributed by atoms with Gasteiger partial charge in [0.2, 0.25) is 0 Å². The minimum absolute atomic E-state index is 0.172. The van der Waals surface area contributed by atoms with E-state index in [1.54, 1.807) is 0 Å². The second-order valence-electron chi connectivity index (χ2n) is 9.42. The fourth-order valence-corrected chi connectivity index (χ4v) is 4.68. The summed E-state index contributed by atoms with van der Waals surface area (Å²) < 4.78 is 12.2. The van der Waals surface area contributed by atoms with Crippen molar-refractivity contribution in [3.8, 4) is 0 Å². The molecule has 30 heavy (non-hydrogen) atoms. The van der Waals surface area contributed by atoms with Crippen molar-refractivity contribution in [3.63, 3.8) is 0 Å². The lowest BCUT2D eigenvalue weighted by atomic mass is 9.89. The van der Waals surface area contributed by atoms with Crippen LogP contribution in [0.25, 0.3) is 0 Å². The Labute approximate surface area is 187 Å². The van der Waals surface area contributed by atoms with Crippen LogP contribution in [0.15, 0.2) is 24.3 Å². The second kappa shape index (κ2) is 15.9. The van der Waals surface area contributed by atoms with Crippen molar-refractivity contribution in [3.05, 3.63) is 35.4 Å². The first kappa shape index (κ1) is 25.4. The summed E-state index contributed by atoms with van der Waals surface area (Å²) in [5, 5.41) is 0. The molecule has 0 saturated carbocycles. The van der Waals surface area contributed by atoms with E-state index in [0.29, 0.717) is 11.8 Å². The van der Waals surface area contributed by atoms with Crippen LogP contribution in [0.3, 0.4) is 0 Å². The highest BCUT2D eigenvalue weighted by Gasteiger charge is 2.23. The molecule has 172 valence electrons. The fourth-order valence-electron chi connectivity index (χ4n) is 4.68. The van der Waals surface area contributed by atoms with E-state index in [2.05, 4.69) is 45.0 Å². The number of ether oxygens (including phenoxy) is 2. The summed E-state index contributed by atoms with van der Waals surface area (Å²) in [7, 11) is 0. The zero-order valence-corrected chi connectivity index (χ0v) is 20.2. The minimum Gasteiger partial charge on any atom is -0.348 e. The molecule has 0 aromatic heterocycles. The zero-order valence-electron chi connectivity index (χ0n) is 20.2. The molecule has 1 aliphatic rings. The van der Waals surface area contributed by atoms with Crippen LogP contribution in [0.2, 0.25) is 0 Å². The Morgan fingerprint density at radius 1 is 0.700 bits per heavy atom. The van der Waals surface area contributed by atoms with Gasteiger partial charge in [-0.1, -0.05) is 116 Å². The summed E-state index contributed by atoms with van der Waals surface area (Å²) in [5.41, 5.74) is 2.67. The normalized spacial score (nSPS) is 20.4. The lowest BCUT2D eigenvalue weighted by Gasteiger charge is -2.30. The summed E-state index contributed by atoms with van der Waals surface area (Å²) >= 11 is 0. The lowest BCUT2D eigenvalue weighted by Crippen LogP contribution is -2.27. The van der Waals surface area contributed by atoms with Gasteiger partial charge in [-0.25, -0.2) is 0 Å². The van der Waals surface area contributed by atoms with Gasteiger partial charge in [-0.15, -0.1) is 0 Å². The number of rotatable bonds is 16. The van der Waals surface area contributed by atoms with Gasteiger partial charge in [0.15, 0.2) is 6.29 Å². The lowest BCUT2D eigenvalue weighted by molar-refractivity contribution is -0.206. The van der Waals surface area contributed by atoms with E-state index in [0.717, 1.165) is 13.2 Å². The predicted octanol–water partition coefficient (Wildman–Crippen LogP) is 8.95. The number of benzene rings is 1. The van der Waals surface area contributed by atoms with Crippen molar-refractivity contribution in [2.75, 3.05) is 13.2 Å². The predicted molar refractivity (Wildman–Crippen MR) is 129 cm³/mol. The number of hydrogen-bond donors (Lipinski definition) is 0. The summed E-state index contributed by atoms with van der Waals surface area (Å²) in [5.74, 6) is 1.28. The van der Waals surface area contributed by atoms with Gasteiger partial charge in [0.05, 0.1) is 13.2 Å². The SMILES string of the molecule is CCCCCCCCCC1COC(c2ccc(C(CCC)CCCCC)cc2)OC1. The second-order valence-corrected chi connectivity index (χ2v) is 9.42. The average molecular weight is 417 g/mol. The number of hydrogen-bond acceptors (Lipinski definition) is 2. The van der Waals surface area contributed by atoms with Crippen molar-refractivity contribution in [2.45, 2.75) is 123 Å². The van der Waals surface area contributed by atoms with E-state index in [1.165, 1.54) is 101 Å². The Hall–Kier alpha value is -0.860. The first-order valence-corrected chi connectivity index (χ1v) is 13.1. The molecule has 0 N–H and O–H groups in total. The minimum atomic E-state index is -0.172. The van der Waals surface area contributed by atoms with Crippen LogP contribution < -0.4 is 0 Å². The van der Waals surface area contributed by atoms with E-state index in [4.69, 9.17) is 9.47 Å². The fraction of sp³-hybridized carbons (Fsp3) is 0.786. The van der Waals surface area contributed by atoms with Crippen LogP contribution in [0.4, 0.5) is 0 Å². The Morgan fingerprint density at radius 2 is 1.30 bits per heavy atom. The van der Waals surface area contributed by atoms with E-state index < -0.39 is 0 Å². The molecule has 1 aliphatic heterocycles. The monoisotopic (exact) mass is 416 g/mol. The molecule has 0 aliphatic carbocycles. The van der Waals surface area contributed by atoms with Crippen LogP contribution in [-0.2, 0) is 9.47 Å². The van der Waals surface area contributed by atoms with E-state index in [9.17, 15) is 0 Å². The smallest absolute Gasteiger partial charge is 0.183 e. The first-order valence-electron chi connectivity index (χ1n) is 13.1. The largest absolute Gasteiger partial charge is 0.348 e. The van der Waals surface area contributed by atoms with E-state index >= 15 is 0 Å². The van der Waals surface area contributed by atoms with Crippen LogP contribution in [-0.4, -0.2) is 13.2 Å². The molecular weight excluding hydrogens is 368 g/mol. The standard InChI is InChI=1S/C28H48O2/c1-4-7-9-10-11-12-14-16-24-22-29-28(30-23-24)27-20-18-26(19-21-27)25(15-6-3)17-13-8-5-2/h18-21,24-25,28H,4-17,22-23H2,1-3H3. The molecule has 1 heterocycles. The maximum absolute atomic E-state index is 6.09. The topological polar surface area (TPSA) is 18.5 Å².